The predicted molar refractivity (Wildman–Crippen MR) is 68.1 cm³/mol. The summed E-state index contributed by atoms with van der Waals surface area (Å²) in [5.41, 5.74) is 1.03. The summed E-state index contributed by atoms with van der Waals surface area (Å²) in [6, 6.07) is 10.3. The molecule has 2 saturated heterocycles. The largest absolute Gasteiger partial charge is 0.445 e. The maximum absolute atomic E-state index is 11.9. The zero-order valence-electron chi connectivity index (χ0n) is 10.6. The zero-order valence-corrected chi connectivity index (χ0v) is 10.6. The number of rotatable bonds is 2. The fraction of sp³-hybridized carbons (Fsp3) is 0.500. The fourth-order valence-electron chi connectivity index (χ4n) is 2.86. The van der Waals surface area contributed by atoms with Crippen molar-refractivity contribution in [3.8, 4) is 0 Å². The van der Waals surface area contributed by atoms with Crippen molar-refractivity contribution in [3.63, 3.8) is 0 Å². The quantitative estimate of drug-likeness (QED) is 0.794. The monoisotopic (exact) mass is 246 g/mol. The van der Waals surface area contributed by atoms with Crippen molar-refractivity contribution in [1.29, 1.82) is 0 Å². The highest BCUT2D eigenvalue weighted by Crippen LogP contribution is 2.30. The van der Waals surface area contributed by atoms with Gasteiger partial charge in [-0.05, 0) is 12.6 Å². The Bertz CT molecular complexity index is 435. The lowest BCUT2D eigenvalue weighted by Crippen LogP contribution is -2.52. The summed E-state index contributed by atoms with van der Waals surface area (Å²) in [5, 5.41) is 0. The standard InChI is InChI=1S/C14H18N2O2/c1-15-7-12-8-16(9-13(12)15)14(17)18-10-11-5-3-2-4-6-11/h2-6,12-13H,7-10H2,1H3. The minimum absolute atomic E-state index is 0.179. The van der Waals surface area contributed by atoms with Crippen molar-refractivity contribution in [2.75, 3.05) is 26.7 Å². The molecule has 2 atom stereocenters. The first-order chi connectivity index (χ1) is 8.74. The molecule has 2 heterocycles. The highest BCUT2D eigenvalue weighted by Gasteiger charge is 2.45. The van der Waals surface area contributed by atoms with E-state index in [1.807, 2.05) is 35.2 Å². The van der Waals surface area contributed by atoms with Gasteiger partial charge in [0.2, 0.25) is 0 Å². The lowest BCUT2D eigenvalue weighted by atomic mass is 9.93. The maximum atomic E-state index is 11.9. The summed E-state index contributed by atoms with van der Waals surface area (Å²) in [6.45, 7) is 3.13. The summed E-state index contributed by atoms with van der Waals surface area (Å²) < 4.78 is 5.34. The van der Waals surface area contributed by atoms with Gasteiger partial charge in [0.25, 0.3) is 0 Å². The van der Waals surface area contributed by atoms with Gasteiger partial charge in [0.1, 0.15) is 6.61 Å². The number of carbonyl (C=O) groups is 1. The summed E-state index contributed by atoms with van der Waals surface area (Å²) in [6.07, 6.45) is -0.179. The Kier molecular flexibility index (Phi) is 2.96. The maximum Gasteiger partial charge on any atom is 0.410 e. The second kappa shape index (κ2) is 4.61. The molecule has 0 aromatic heterocycles. The molecule has 2 aliphatic heterocycles. The van der Waals surface area contributed by atoms with E-state index in [0.29, 0.717) is 18.6 Å². The normalized spacial score (nSPS) is 26.6. The van der Waals surface area contributed by atoms with Crippen LogP contribution in [0, 0.1) is 5.92 Å². The summed E-state index contributed by atoms with van der Waals surface area (Å²) in [4.78, 5) is 16.1. The first-order valence-corrected chi connectivity index (χ1v) is 6.40. The van der Waals surface area contributed by atoms with Gasteiger partial charge in [0.05, 0.1) is 0 Å². The van der Waals surface area contributed by atoms with Crippen molar-refractivity contribution in [2.24, 2.45) is 5.92 Å². The van der Waals surface area contributed by atoms with Crippen LogP contribution in [0.15, 0.2) is 30.3 Å². The molecule has 0 N–H and O–H groups in total. The summed E-state index contributed by atoms with van der Waals surface area (Å²) in [5.74, 6) is 0.652. The molecule has 18 heavy (non-hydrogen) atoms. The lowest BCUT2D eigenvalue weighted by molar-refractivity contribution is 0.0822. The van der Waals surface area contributed by atoms with E-state index in [-0.39, 0.29) is 6.09 Å². The average molecular weight is 246 g/mol. The van der Waals surface area contributed by atoms with Crippen LogP contribution < -0.4 is 0 Å². The number of amides is 1. The molecule has 2 fully saturated rings. The van der Waals surface area contributed by atoms with Crippen LogP contribution in [-0.2, 0) is 11.3 Å². The molecular formula is C14H18N2O2. The highest BCUT2D eigenvalue weighted by atomic mass is 16.6. The van der Waals surface area contributed by atoms with Gasteiger partial charge >= 0.3 is 6.09 Å². The number of carbonyl (C=O) groups excluding carboxylic acids is 1. The molecule has 3 rings (SSSR count). The van der Waals surface area contributed by atoms with Crippen molar-refractivity contribution in [1.82, 2.24) is 9.80 Å². The van der Waals surface area contributed by atoms with Crippen molar-refractivity contribution in [2.45, 2.75) is 12.6 Å². The Morgan fingerprint density at radius 2 is 2.06 bits per heavy atom. The smallest absolute Gasteiger partial charge is 0.410 e. The molecule has 1 aromatic rings. The molecule has 4 nitrogen and oxygen atoms in total. The molecular weight excluding hydrogens is 228 g/mol. The number of hydrogen-bond donors (Lipinski definition) is 0. The van der Waals surface area contributed by atoms with Crippen LogP contribution in [-0.4, -0.2) is 48.6 Å². The number of benzene rings is 1. The van der Waals surface area contributed by atoms with E-state index in [1.54, 1.807) is 0 Å². The van der Waals surface area contributed by atoms with Crippen LogP contribution >= 0.6 is 0 Å². The second-order valence-electron chi connectivity index (χ2n) is 5.21. The predicted octanol–water partition coefficient (Wildman–Crippen LogP) is 1.57. The third kappa shape index (κ3) is 2.08. The molecule has 0 bridgehead atoms. The van der Waals surface area contributed by atoms with Gasteiger partial charge in [-0.25, -0.2) is 4.79 Å². The minimum Gasteiger partial charge on any atom is -0.445 e. The van der Waals surface area contributed by atoms with E-state index >= 15 is 0 Å². The van der Waals surface area contributed by atoms with Crippen LogP contribution in [0.25, 0.3) is 0 Å². The third-order valence-electron chi connectivity index (χ3n) is 3.96. The second-order valence-corrected chi connectivity index (χ2v) is 5.21. The van der Waals surface area contributed by atoms with Gasteiger partial charge in [-0.3, -0.25) is 0 Å². The van der Waals surface area contributed by atoms with Gasteiger partial charge in [-0.15, -0.1) is 0 Å². The van der Waals surface area contributed by atoms with E-state index in [0.717, 1.165) is 25.2 Å². The molecule has 0 spiro atoms. The van der Waals surface area contributed by atoms with Crippen molar-refractivity contribution < 1.29 is 9.53 Å². The topological polar surface area (TPSA) is 32.8 Å². The van der Waals surface area contributed by atoms with E-state index < -0.39 is 0 Å². The van der Waals surface area contributed by atoms with Crippen LogP contribution in [0.2, 0.25) is 0 Å². The molecule has 2 unspecified atom stereocenters. The van der Waals surface area contributed by atoms with Crippen LogP contribution in [0.5, 0.6) is 0 Å². The minimum atomic E-state index is -0.179. The number of fused-ring (bicyclic) bond motifs is 1. The number of likely N-dealkylation sites (N-methyl/N-ethyl adjacent to an activating group) is 1. The Morgan fingerprint density at radius 1 is 1.28 bits per heavy atom. The average Bonchev–Trinajstić information content (AvgIpc) is 2.74. The first-order valence-electron chi connectivity index (χ1n) is 6.40. The number of hydrogen-bond acceptors (Lipinski definition) is 3. The SMILES string of the molecule is CN1CC2CN(C(=O)OCc3ccccc3)CC21. The summed E-state index contributed by atoms with van der Waals surface area (Å²) >= 11 is 0. The Labute approximate surface area is 107 Å². The molecule has 2 aliphatic rings. The van der Waals surface area contributed by atoms with E-state index in [9.17, 15) is 4.79 Å². The van der Waals surface area contributed by atoms with Gasteiger partial charge in [-0.2, -0.15) is 0 Å². The van der Waals surface area contributed by atoms with Crippen LogP contribution in [0.4, 0.5) is 4.79 Å². The Hall–Kier alpha value is -1.55. The van der Waals surface area contributed by atoms with E-state index in [4.69, 9.17) is 4.74 Å². The lowest BCUT2D eigenvalue weighted by Gasteiger charge is -2.40. The molecule has 4 heteroatoms. The number of likely N-dealkylation sites (tertiary alicyclic amines) is 2. The van der Waals surface area contributed by atoms with Gasteiger partial charge < -0.3 is 14.5 Å². The Morgan fingerprint density at radius 3 is 2.72 bits per heavy atom. The highest BCUT2D eigenvalue weighted by molar-refractivity contribution is 5.68. The molecule has 0 radical (unpaired) electrons. The van der Waals surface area contributed by atoms with Crippen LogP contribution in [0.1, 0.15) is 5.56 Å². The number of ether oxygens (including phenoxy) is 1. The summed E-state index contributed by atoms with van der Waals surface area (Å²) in [7, 11) is 2.11. The van der Waals surface area contributed by atoms with Crippen molar-refractivity contribution in [3.05, 3.63) is 35.9 Å². The van der Waals surface area contributed by atoms with Gasteiger partial charge in [0.15, 0.2) is 0 Å². The molecule has 96 valence electrons. The van der Waals surface area contributed by atoms with E-state index in [2.05, 4.69) is 11.9 Å². The van der Waals surface area contributed by atoms with Gasteiger partial charge in [-0.1, -0.05) is 30.3 Å². The molecule has 0 saturated carbocycles. The van der Waals surface area contributed by atoms with E-state index in [1.165, 1.54) is 0 Å². The first kappa shape index (κ1) is 11.5. The number of nitrogens with zero attached hydrogens (tertiary/aromatic N) is 2. The fourth-order valence-corrected chi connectivity index (χ4v) is 2.86. The van der Waals surface area contributed by atoms with Gasteiger partial charge in [0, 0.05) is 31.6 Å². The molecule has 1 aromatic carbocycles. The third-order valence-corrected chi connectivity index (χ3v) is 3.96. The molecule has 1 amide bonds. The van der Waals surface area contributed by atoms with Crippen molar-refractivity contribution >= 4 is 6.09 Å². The Balaban J connectivity index is 1.51. The molecule has 0 aliphatic carbocycles. The van der Waals surface area contributed by atoms with Crippen LogP contribution in [0.3, 0.4) is 0 Å². The zero-order chi connectivity index (χ0) is 12.5.